The topological polar surface area (TPSA) is 22.2 Å². The summed E-state index contributed by atoms with van der Waals surface area (Å²) < 4.78 is 4.36. The van der Waals surface area contributed by atoms with Crippen LogP contribution in [0.4, 0.5) is 0 Å². The van der Waals surface area contributed by atoms with Crippen LogP contribution < -0.4 is 0 Å². The van der Waals surface area contributed by atoms with Crippen molar-refractivity contribution in [3.63, 3.8) is 0 Å². The van der Waals surface area contributed by atoms with Gasteiger partial charge in [-0.15, -0.1) is 11.6 Å². The van der Waals surface area contributed by atoms with Crippen molar-refractivity contribution >= 4 is 28.4 Å². The van der Waals surface area contributed by atoms with E-state index in [2.05, 4.69) is 62.5 Å². The second-order valence-corrected chi connectivity index (χ2v) is 5.36. The lowest BCUT2D eigenvalue weighted by Gasteiger charge is -2.05. The molecule has 2 aromatic carbocycles. The molecule has 104 valence electrons. The fourth-order valence-corrected chi connectivity index (χ4v) is 2.90. The summed E-state index contributed by atoms with van der Waals surface area (Å²) in [7, 11) is 0. The normalized spacial score (nSPS) is 11.5. The quantitative estimate of drug-likeness (QED) is 0.522. The molecule has 4 rings (SSSR count). The highest BCUT2D eigenvalue weighted by molar-refractivity contribution is 6.16. The maximum absolute atomic E-state index is 5.93. The third kappa shape index (κ3) is 2.01. The zero-order chi connectivity index (χ0) is 14.2. The number of rotatable bonds is 3. The van der Waals surface area contributed by atoms with Crippen LogP contribution in [0.5, 0.6) is 0 Å². The van der Waals surface area contributed by atoms with Crippen molar-refractivity contribution in [3.8, 4) is 0 Å². The monoisotopic (exact) mass is 295 g/mol. The minimum Gasteiger partial charge on any atom is -0.305 e. The van der Waals surface area contributed by atoms with E-state index in [1.165, 1.54) is 11.1 Å². The predicted octanol–water partition coefficient (Wildman–Crippen LogP) is 4.08. The molecule has 0 bridgehead atoms. The van der Waals surface area contributed by atoms with Crippen molar-refractivity contribution in [2.45, 2.75) is 12.4 Å². The molecule has 2 heterocycles. The first-order valence-electron chi connectivity index (χ1n) is 6.92. The molecule has 0 amide bonds. The van der Waals surface area contributed by atoms with E-state index in [0.29, 0.717) is 5.88 Å². The summed E-state index contributed by atoms with van der Waals surface area (Å²) in [6.07, 6.45) is 2.02. The van der Waals surface area contributed by atoms with E-state index in [4.69, 9.17) is 11.6 Å². The zero-order valence-electron chi connectivity index (χ0n) is 11.4. The van der Waals surface area contributed by atoms with Gasteiger partial charge >= 0.3 is 0 Å². The molecule has 0 spiro atoms. The van der Waals surface area contributed by atoms with Crippen LogP contribution in [-0.2, 0) is 12.4 Å². The number of fused-ring (bicyclic) bond motifs is 3. The molecule has 4 aromatic rings. The maximum Gasteiger partial charge on any atom is 0.215 e. The van der Waals surface area contributed by atoms with E-state index in [-0.39, 0.29) is 0 Å². The average Bonchev–Trinajstić information content (AvgIpc) is 3.08. The molecule has 0 aliphatic heterocycles. The number of imidazole rings is 2. The summed E-state index contributed by atoms with van der Waals surface area (Å²) in [6.45, 7) is 0.802. The Morgan fingerprint density at radius 1 is 0.905 bits per heavy atom. The van der Waals surface area contributed by atoms with Gasteiger partial charge in [0.2, 0.25) is 5.78 Å². The first kappa shape index (κ1) is 12.5. The van der Waals surface area contributed by atoms with Crippen LogP contribution in [0, 0.1) is 0 Å². The Morgan fingerprint density at radius 3 is 2.38 bits per heavy atom. The van der Waals surface area contributed by atoms with Crippen molar-refractivity contribution < 1.29 is 0 Å². The number of hydrogen-bond acceptors (Lipinski definition) is 1. The summed E-state index contributed by atoms with van der Waals surface area (Å²) in [5.41, 5.74) is 4.51. The lowest BCUT2D eigenvalue weighted by molar-refractivity contribution is 0.844. The Balaban J connectivity index is 1.97. The lowest BCUT2D eigenvalue weighted by Crippen LogP contribution is -2.00. The van der Waals surface area contributed by atoms with E-state index >= 15 is 0 Å². The predicted molar refractivity (Wildman–Crippen MR) is 85.8 cm³/mol. The first-order chi connectivity index (χ1) is 10.4. The highest BCUT2D eigenvalue weighted by Gasteiger charge is 2.13. The van der Waals surface area contributed by atoms with Gasteiger partial charge in [-0.25, -0.2) is 4.98 Å². The number of benzene rings is 2. The maximum atomic E-state index is 5.93. The second kappa shape index (κ2) is 4.93. The van der Waals surface area contributed by atoms with Gasteiger partial charge in [-0.2, -0.15) is 0 Å². The first-order valence-corrected chi connectivity index (χ1v) is 7.45. The van der Waals surface area contributed by atoms with E-state index in [1.54, 1.807) is 0 Å². The van der Waals surface area contributed by atoms with Gasteiger partial charge < -0.3 is 4.57 Å². The molecule has 0 atom stereocenters. The zero-order valence-corrected chi connectivity index (χ0v) is 12.2. The summed E-state index contributed by atoms with van der Waals surface area (Å²) >= 11 is 5.93. The third-order valence-corrected chi connectivity index (χ3v) is 4.00. The van der Waals surface area contributed by atoms with Crippen LogP contribution in [0.25, 0.3) is 16.8 Å². The van der Waals surface area contributed by atoms with Gasteiger partial charge in [0.05, 0.1) is 29.2 Å². The fraction of sp³-hybridized carbons (Fsp3) is 0.118. The van der Waals surface area contributed by atoms with Gasteiger partial charge in [0.25, 0.3) is 0 Å². The second-order valence-electron chi connectivity index (χ2n) is 5.10. The molecule has 0 aliphatic rings. The molecular formula is C17H14ClN3. The molecule has 0 fully saturated rings. The van der Waals surface area contributed by atoms with Crippen LogP contribution >= 0.6 is 11.6 Å². The van der Waals surface area contributed by atoms with Gasteiger partial charge in [0.15, 0.2) is 0 Å². The van der Waals surface area contributed by atoms with E-state index < -0.39 is 0 Å². The van der Waals surface area contributed by atoms with E-state index in [9.17, 15) is 0 Å². The Morgan fingerprint density at radius 2 is 1.62 bits per heavy atom. The number of nitrogens with zero attached hydrogens (tertiary/aromatic N) is 3. The average molecular weight is 296 g/mol. The van der Waals surface area contributed by atoms with Crippen molar-refractivity contribution in [2.24, 2.45) is 0 Å². The Labute approximate surface area is 127 Å². The molecule has 0 N–H and O–H groups in total. The fourth-order valence-electron chi connectivity index (χ4n) is 2.78. The number of aromatic nitrogens is 3. The number of halogens is 1. The van der Waals surface area contributed by atoms with Crippen LogP contribution in [0.2, 0.25) is 0 Å². The SMILES string of the molecule is ClCc1cn2c3ccccc3n(Cc3ccccc3)c2n1. The highest BCUT2D eigenvalue weighted by atomic mass is 35.5. The summed E-state index contributed by atoms with van der Waals surface area (Å²) in [5.74, 6) is 1.37. The third-order valence-electron chi connectivity index (χ3n) is 3.73. The molecule has 0 saturated carbocycles. The van der Waals surface area contributed by atoms with Crippen molar-refractivity contribution in [1.29, 1.82) is 0 Å². The van der Waals surface area contributed by atoms with Gasteiger partial charge in [-0.05, 0) is 17.7 Å². The Kier molecular flexibility index (Phi) is 2.93. The number of hydrogen-bond donors (Lipinski definition) is 0. The summed E-state index contributed by atoms with van der Waals surface area (Å²) in [6, 6.07) is 18.8. The van der Waals surface area contributed by atoms with Gasteiger partial charge in [0.1, 0.15) is 0 Å². The summed E-state index contributed by atoms with van der Waals surface area (Å²) in [5, 5.41) is 0. The molecule has 4 heteroatoms. The van der Waals surface area contributed by atoms with Gasteiger partial charge in [0, 0.05) is 6.20 Å². The molecule has 2 aromatic heterocycles. The standard InChI is InChI=1S/C17H14ClN3/c18-10-14-12-21-16-9-5-4-8-15(16)20(17(21)19-14)11-13-6-2-1-3-7-13/h1-9,12H,10-11H2. The molecular weight excluding hydrogens is 282 g/mol. The van der Waals surface area contributed by atoms with E-state index in [1.807, 2.05) is 12.3 Å². The van der Waals surface area contributed by atoms with Gasteiger partial charge in [-0.1, -0.05) is 42.5 Å². The number of para-hydroxylation sites is 2. The Bertz CT molecular complexity index is 906. The molecule has 3 nitrogen and oxygen atoms in total. The summed E-state index contributed by atoms with van der Waals surface area (Å²) in [4.78, 5) is 4.66. The van der Waals surface area contributed by atoms with Crippen molar-refractivity contribution in [1.82, 2.24) is 14.0 Å². The van der Waals surface area contributed by atoms with Crippen LogP contribution in [0.15, 0.2) is 60.8 Å². The van der Waals surface area contributed by atoms with Crippen LogP contribution in [-0.4, -0.2) is 14.0 Å². The van der Waals surface area contributed by atoms with Crippen molar-refractivity contribution in [2.75, 3.05) is 0 Å². The minimum absolute atomic E-state index is 0.432. The molecule has 0 saturated heterocycles. The molecule has 0 aliphatic carbocycles. The number of alkyl halides is 1. The van der Waals surface area contributed by atoms with Crippen LogP contribution in [0.3, 0.4) is 0 Å². The van der Waals surface area contributed by atoms with Gasteiger partial charge in [-0.3, -0.25) is 4.40 Å². The smallest absolute Gasteiger partial charge is 0.215 e. The Hall–Kier alpha value is -2.26. The van der Waals surface area contributed by atoms with E-state index in [0.717, 1.165) is 23.5 Å². The molecule has 0 unspecified atom stereocenters. The lowest BCUT2D eigenvalue weighted by atomic mass is 10.2. The van der Waals surface area contributed by atoms with Crippen molar-refractivity contribution in [3.05, 3.63) is 72.1 Å². The molecule has 0 radical (unpaired) electrons. The highest BCUT2D eigenvalue weighted by Crippen LogP contribution is 2.22. The minimum atomic E-state index is 0.432. The largest absolute Gasteiger partial charge is 0.305 e. The molecule has 21 heavy (non-hydrogen) atoms. The van der Waals surface area contributed by atoms with Crippen LogP contribution in [0.1, 0.15) is 11.3 Å².